The molecule has 5 nitrogen and oxygen atoms in total. The first kappa shape index (κ1) is 18.4. The number of anilines is 2. The number of carbonyl (C=O) groups is 1. The van der Waals surface area contributed by atoms with Gasteiger partial charge in [-0.3, -0.25) is 4.79 Å². The Labute approximate surface area is 164 Å². The molecule has 2 aromatic rings. The van der Waals surface area contributed by atoms with Crippen molar-refractivity contribution in [3.63, 3.8) is 0 Å². The zero-order valence-electron chi connectivity index (χ0n) is 16.0. The van der Waals surface area contributed by atoms with Crippen LogP contribution in [0.25, 0.3) is 11.3 Å². The number of nitrogens with one attached hydrogen (secondary N) is 1. The van der Waals surface area contributed by atoms with E-state index < -0.39 is 0 Å². The largest absolute Gasteiger partial charge is 0.372 e. The highest BCUT2D eigenvalue weighted by molar-refractivity contribution is 7.14. The number of benzene rings is 1. The minimum atomic E-state index is 0.153. The molecule has 4 rings (SSSR count). The summed E-state index contributed by atoms with van der Waals surface area (Å²) in [7, 11) is 0. The molecule has 0 spiro atoms. The molecule has 1 saturated heterocycles. The van der Waals surface area contributed by atoms with Crippen molar-refractivity contribution < 1.29 is 9.53 Å². The van der Waals surface area contributed by atoms with Crippen molar-refractivity contribution in [1.82, 2.24) is 4.98 Å². The molecule has 2 fully saturated rings. The number of morpholine rings is 1. The van der Waals surface area contributed by atoms with Gasteiger partial charge in [-0.1, -0.05) is 25.0 Å². The first-order valence-electron chi connectivity index (χ1n) is 9.86. The first-order chi connectivity index (χ1) is 13.1. The maximum absolute atomic E-state index is 12.4. The molecule has 0 radical (unpaired) electrons. The van der Waals surface area contributed by atoms with Crippen LogP contribution in [0, 0.1) is 5.92 Å². The van der Waals surface area contributed by atoms with E-state index in [1.54, 1.807) is 11.3 Å². The van der Waals surface area contributed by atoms with E-state index in [9.17, 15) is 4.79 Å². The lowest BCUT2D eigenvalue weighted by Gasteiger charge is -2.35. The van der Waals surface area contributed by atoms with E-state index in [0.29, 0.717) is 0 Å². The monoisotopic (exact) mass is 385 g/mol. The van der Waals surface area contributed by atoms with E-state index in [0.717, 1.165) is 48.0 Å². The lowest BCUT2D eigenvalue weighted by molar-refractivity contribution is -0.119. The Morgan fingerprint density at radius 2 is 1.96 bits per heavy atom. The highest BCUT2D eigenvalue weighted by Crippen LogP contribution is 2.31. The number of hydrogen-bond donors (Lipinski definition) is 1. The van der Waals surface area contributed by atoms with Gasteiger partial charge in [0.25, 0.3) is 0 Å². The molecule has 1 amide bonds. The Hall–Kier alpha value is -1.92. The quantitative estimate of drug-likeness (QED) is 0.839. The van der Waals surface area contributed by atoms with Gasteiger partial charge in [0, 0.05) is 35.6 Å². The fourth-order valence-electron chi connectivity index (χ4n) is 4.06. The summed E-state index contributed by atoms with van der Waals surface area (Å²) in [6, 6.07) is 8.01. The van der Waals surface area contributed by atoms with Gasteiger partial charge in [-0.25, -0.2) is 4.98 Å². The number of aromatic nitrogens is 1. The molecular weight excluding hydrogens is 358 g/mol. The smallest absolute Gasteiger partial charge is 0.227 e. The van der Waals surface area contributed by atoms with Crippen LogP contribution in [0.3, 0.4) is 0 Å². The highest BCUT2D eigenvalue weighted by atomic mass is 32.1. The Kier molecular flexibility index (Phi) is 5.45. The molecule has 1 aromatic heterocycles. The molecule has 2 atom stereocenters. The molecule has 2 heterocycles. The molecule has 1 aromatic carbocycles. The average Bonchev–Trinajstić information content (AvgIpc) is 3.33. The molecule has 1 saturated carbocycles. The minimum absolute atomic E-state index is 0.153. The normalized spacial score (nSPS) is 23.6. The Balaban J connectivity index is 1.47. The zero-order chi connectivity index (χ0) is 18.8. The van der Waals surface area contributed by atoms with Gasteiger partial charge in [0.2, 0.25) is 5.91 Å². The second kappa shape index (κ2) is 7.98. The van der Waals surface area contributed by atoms with E-state index in [1.807, 2.05) is 18.2 Å². The van der Waals surface area contributed by atoms with E-state index in [4.69, 9.17) is 9.72 Å². The summed E-state index contributed by atoms with van der Waals surface area (Å²) in [6.07, 6.45) is 4.79. The third-order valence-corrected chi connectivity index (χ3v) is 6.24. The second-order valence-electron chi connectivity index (χ2n) is 7.73. The molecule has 27 heavy (non-hydrogen) atoms. The number of ether oxygens (including phenoxy) is 1. The maximum atomic E-state index is 12.4. The van der Waals surface area contributed by atoms with Crippen molar-refractivity contribution in [3.8, 4) is 11.3 Å². The lowest BCUT2D eigenvalue weighted by atomic mass is 10.1. The maximum Gasteiger partial charge on any atom is 0.227 e. The second-order valence-corrected chi connectivity index (χ2v) is 8.57. The van der Waals surface area contributed by atoms with Crippen LogP contribution < -0.4 is 10.2 Å². The fraction of sp³-hybridized carbons (Fsp3) is 0.524. The summed E-state index contributed by atoms with van der Waals surface area (Å²) in [5.74, 6) is 0.324. The minimum Gasteiger partial charge on any atom is -0.372 e. The van der Waals surface area contributed by atoms with Crippen LogP contribution in [0.5, 0.6) is 0 Å². The van der Waals surface area contributed by atoms with Crippen LogP contribution in [-0.2, 0) is 9.53 Å². The van der Waals surface area contributed by atoms with Crippen LogP contribution in [0.15, 0.2) is 29.6 Å². The van der Waals surface area contributed by atoms with Gasteiger partial charge in [-0.2, -0.15) is 0 Å². The Bertz CT molecular complexity index is 790. The topological polar surface area (TPSA) is 54.5 Å². The summed E-state index contributed by atoms with van der Waals surface area (Å²) < 4.78 is 5.82. The van der Waals surface area contributed by atoms with Crippen molar-refractivity contribution >= 4 is 28.1 Å². The average molecular weight is 386 g/mol. The first-order valence-corrected chi connectivity index (χ1v) is 10.7. The van der Waals surface area contributed by atoms with Gasteiger partial charge >= 0.3 is 0 Å². The van der Waals surface area contributed by atoms with Crippen LogP contribution in [-0.4, -0.2) is 36.2 Å². The number of rotatable bonds is 4. The lowest BCUT2D eigenvalue weighted by Crippen LogP contribution is -2.45. The number of hydrogen-bond acceptors (Lipinski definition) is 5. The van der Waals surface area contributed by atoms with Gasteiger partial charge in [0.05, 0.1) is 17.9 Å². The van der Waals surface area contributed by atoms with E-state index in [-0.39, 0.29) is 24.0 Å². The van der Waals surface area contributed by atoms with Crippen molar-refractivity contribution in [3.05, 3.63) is 29.6 Å². The third-order valence-electron chi connectivity index (χ3n) is 5.33. The van der Waals surface area contributed by atoms with Crippen molar-refractivity contribution in [2.24, 2.45) is 5.92 Å². The molecule has 1 aliphatic carbocycles. The van der Waals surface area contributed by atoms with Crippen molar-refractivity contribution in [2.75, 3.05) is 23.3 Å². The van der Waals surface area contributed by atoms with Gasteiger partial charge < -0.3 is 15.0 Å². The van der Waals surface area contributed by atoms with Crippen LogP contribution in [0.4, 0.5) is 10.8 Å². The fourth-order valence-corrected chi connectivity index (χ4v) is 4.92. The summed E-state index contributed by atoms with van der Waals surface area (Å²) in [5, 5.41) is 6.22. The molecule has 2 unspecified atom stereocenters. The number of amides is 1. The molecule has 2 aliphatic rings. The molecule has 144 valence electrons. The summed E-state index contributed by atoms with van der Waals surface area (Å²) in [4.78, 5) is 19.5. The Morgan fingerprint density at radius 3 is 2.70 bits per heavy atom. The molecule has 1 N–H and O–H groups in total. The summed E-state index contributed by atoms with van der Waals surface area (Å²) in [5.41, 5.74) is 2.85. The van der Waals surface area contributed by atoms with Crippen molar-refractivity contribution in [1.29, 1.82) is 0 Å². The highest BCUT2D eigenvalue weighted by Gasteiger charge is 2.25. The zero-order valence-corrected chi connectivity index (χ0v) is 16.8. The molecular formula is C21H27N3O2S. The van der Waals surface area contributed by atoms with Gasteiger partial charge in [-0.05, 0) is 38.8 Å². The standard InChI is InChI=1S/C21H27N3O2S/c1-14-11-24(12-15(2)26-14)21-23-19(13-27-21)17-8-5-9-18(10-17)22-20(25)16-6-3-4-7-16/h5,8-10,13-16H,3-4,6-7,11-12H2,1-2H3,(H,22,25). The van der Waals surface area contributed by atoms with Gasteiger partial charge in [-0.15, -0.1) is 11.3 Å². The van der Waals surface area contributed by atoms with Gasteiger partial charge in [0.1, 0.15) is 0 Å². The van der Waals surface area contributed by atoms with E-state index in [2.05, 4.69) is 35.5 Å². The van der Waals surface area contributed by atoms with Gasteiger partial charge in [0.15, 0.2) is 5.13 Å². The van der Waals surface area contributed by atoms with E-state index >= 15 is 0 Å². The Morgan fingerprint density at radius 1 is 1.22 bits per heavy atom. The predicted octanol–water partition coefficient (Wildman–Crippen LogP) is 4.55. The predicted molar refractivity (Wildman–Crippen MR) is 110 cm³/mol. The number of thiazole rings is 1. The molecule has 0 bridgehead atoms. The third kappa shape index (κ3) is 4.33. The number of nitrogens with zero attached hydrogens (tertiary/aromatic N) is 2. The van der Waals surface area contributed by atoms with Crippen LogP contribution in [0.1, 0.15) is 39.5 Å². The van der Waals surface area contributed by atoms with Crippen molar-refractivity contribution in [2.45, 2.75) is 51.7 Å². The summed E-state index contributed by atoms with van der Waals surface area (Å²) >= 11 is 1.67. The molecule has 6 heteroatoms. The van der Waals surface area contributed by atoms with Crippen LogP contribution in [0.2, 0.25) is 0 Å². The number of carbonyl (C=O) groups excluding carboxylic acids is 1. The SMILES string of the molecule is CC1CN(c2nc(-c3cccc(NC(=O)C4CCCC4)c3)cs2)CC(C)O1. The molecule has 1 aliphatic heterocycles. The van der Waals surface area contributed by atoms with Crippen LogP contribution >= 0.6 is 11.3 Å². The summed E-state index contributed by atoms with van der Waals surface area (Å²) in [6.45, 7) is 5.95. The van der Waals surface area contributed by atoms with E-state index in [1.165, 1.54) is 12.8 Å².